The summed E-state index contributed by atoms with van der Waals surface area (Å²) >= 11 is 6.93. The van der Waals surface area contributed by atoms with Gasteiger partial charge in [-0.1, -0.05) is 74.3 Å². The predicted octanol–water partition coefficient (Wildman–Crippen LogP) is 6.62. The van der Waals surface area contributed by atoms with E-state index in [1.165, 1.54) is 0 Å². The van der Waals surface area contributed by atoms with E-state index in [4.69, 9.17) is 0 Å². The molecule has 3 aromatic carbocycles. The molecule has 7 heteroatoms. The summed E-state index contributed by atoms with van der Waals surface area (Å²) in [6, 6.07) is 23.2. The van der Waals surface area contributed by atoms with Gasteiger partial charge in [0.15, 0.2) is 0 Å². The van der Waals surface area contributed by atoms with Gasteiger partial charge in [0, 0.05) is 33.9 Å². The molecule has 0 radical (unpaired) electrons. The standard InChI is InChI=1S/C26H23Br2N3O2/c1-17-4-2-3-5-22(17)29-25(32)14-15-26(33)31-24(19-8-12-21(28)13-9-19)16-23(30-31)18-6-10-20(27)11-7-18/h2-13,24H,14-16H2,1H3,(H,29,32)/t24-/m1/s1. The maximum atomic E-state index is 13.2. The molecule has 0 saturated heterocycles. The number of aryl methyl sites for hydroxylation is 1. The largest absolute Gasteiger partial charge is 0.326 e. The van der Waals surface area contributed by atoms with Crippen molar-refractivity contribution < 1.29 is 9.59 Å². The fourth-order valence-electron chi connectivity index (χ4n) is 3.76. The summed E-state index contributed by atoms with van der Waals surface area (Å²) in [4.78, 5) is 25.6. The monoisotopic (exact) mass is 567 g/mol. The number of carbonyl (C=O) groups is 2. The van der Waals surface area contributed by atoms with E-state index in [0.29, 0.717) is 6.42 Å². The highest BCUT2D eigenvalue weighted by atomic mass is 79.9. The van der Waals surface area contributed by atoms with E-state index < -0.39 is 0 Å². The lowest BCUT2D eigenvalue weighted by atomic mass is 9.98. The lowest BCUT2D eigenvalue weighted by molar-refractivity contribution is -0.134. The van der Waals surface area contributed by atoms with Crippen molar-refractivity contribution in [2.75, 3.05) is 5.32 Å². The highest BCUT2D eigenvalue weighted by Crippen LogP contribution is 2.34. The average molecular weight is 569 g/mol. The molecule has 1 heterocycles. The fraction of sp³-hybridized carbons (Fsp3) is 0.192. The summed E-state index contributed by atoms with van der Waals surface area (Å²) in [6.45, 7) is 1.94. The minimum absolute atomic E-state index is 0.0852. The number of nitrogens with zero attached hydrogens (tertiary/aromatic N) is 2. The minimum Gasteiger partial charge on any atom is -0.326 e. The van der Waals surface area contributed by atoms with Gasteiger partial charge in [0.25, 0.3) is 0 Å². The molecule has 0 bridgehead atoms. The summed E-state index contributed by atoms with van der Waals surface area (Å²) in [5.74, 6) is -0.357. The van der Waals surface area contributed by atoms with E-state index in [-0.39, 0.29) is 30.7 Å². The lowest BCUT2D eigenvalue weighted by Gasteiger charge is -2.22. The number of hydrogen-bond donors (Lipinski definition) is 1. The summed E-state index contributed by atoms with van der Waals surface area (Å²) in [6.07, 6.45) is 0.798. The Bertz CT molecular complexity index is 1190. The van der Waals surface area contributed by atoms with Crippen molar-refractivity contribution in [1.29, 1.82) is 0 Å². The van der Waals surface area contributed by atoms with Crippen molar-refractivity contribution >= 4 is 55.1 Å². The van der Waals surface area contributed by atoms with Crippen LogP contribution < -0.4 is 5.32 Å². The summed E-state index contributed by atoms with van der Waals surface area (Å²) < 4.78 is 1.96. The molecule has 1 N–H and O–H groups in total. The summed E-state index contributed by atoms with van der Waals surface area (Å²) in [5.41, 5.74) is 4.59. The lowest BCUT2D eigenvalue weighted by Crippen LogP contribution is -2.28. The van der Waals surface area contributed by atoms with Gasteiger partial charge in [0.2, 0.25) is 11.8 Å². The number of rotatable bonds is 6. The second-order valence-electron chi connectivity index (χ2n) is 7.93. The first-order valence-electron chi connectivity index (χ1n) is 10.7. The Kier molecular flexibility index (Phi) is 7.40. The predicted molar refractivity (Wildman–Crippen MR) is 138 cm³/mol. The van der Waals surface area contributed by atoms with Crippen molar-refractivity contribution in [3.05, 3.63) is 98.4 Å². The second kappa shape index (κ2) is 10.4. The SMILES string of the molecule is Cc1ccccc1NC(=O)CCC(=O)N1N=C(c2ccc(Br)cc2)C[C@@H]1c1ccc(Br)cc1. The van der Waals surface area contributed by atoms with Gasteiger partial charge in [-0.2, -0.15) is 5.10 Å². The molecule has 1 atom stereocenters. The number of hydrogen-bond acceptors (Lipinski definition) is 3. The first-order chi connectivity index (χ1) is 15.9. The Morgan fingerprint density at radius 1 is 0.939 bits per heavy atom. The van der Waals surface area contributed by atoms with E-state index in [9.17, 15) is 9.59 Å². The molecule has 168 valence electrons. The Balaban J connectivity index is 1.50. The van der Waals surface area contributed by atoms with Crippen LogP contribution in [0.1, 0.15) is 42.0 Å². The van der Waals surface area contributed by atoms with E-state index >= 15 is 0 Å². The van der Waals surface area contributed by atoms with Gasteiger partial charge in [0.1, 0.15) is 0 Å². The van der Waals surface area contributed by atoms with E-state index in [2.05, 4.69) is 42.3 Å². The first-order valence-corrected chi connectivity index (χ1v) is 12.3. The highest BCUT2D eigenvalue weighted by Gasteiger charge is 2.33. The molecule has 1 aliphatic heterocycles. The molecule has 0 fully saturated rings. The molecule has 0 unspecified atom stereocenters. The van der Waals surface area contributed by atoms with Crippen LogP contribution in [0.25, 0.3) is 0 Å². The fourth-order valence-corrected chi connectivity index (χ4v) is 4.29. The van der Waals surface area contributed by atoms with Crippen molar-refractivity contribution in [2.24, 2.45) is 5.10 Å². The van der Waals surface area contributed by atoms with Crippen molar-refractivity contribution in [3.63, 3.8) is 0 Å². The first kappa shape index (κ1) is 23.4. The maximum absolute atomic E-state index is 13.2. The number of benzene rings is 3. The summed E-state index contributed by atoms with van der Waals surface area (Å²) in [7, 11) is 0. The van der Waals surface area contributed by atoms with Crippen LogP contribution in [0.5, 0.6) is 0 Å². The van der Waals surface area contributed by atoms with Gasteiger partial charge >= 0.3 is 0 Å². The van der Waals surface area contributed by atoms with Gasteiger partial charge in [-0.25, -0.2) is 5.01 Å². The smallest absolute Gasteiger partial charge is 0.243 e. The Morgan fingerprint density at radius 2 is 1.58 bits per heavy atom. The van der Waals surface area contributed by atoms with Crippen molar-refractivity contribution in [3.8, 4) is 0 Å². The quantitative estimate of drug-likeness (QED) is 0.363. The molecule has 1 aliphatic rings. The molecule has 0 aromatic heterocycles. The molecule has 3 aromatic rings. The number of nitrogens with one attached hydrogen (secondary N) is 1. The maximum Gasteiger partial charge on any atom is 0.243 e. The topological polar surface area (TPSA) is 61.8 Å². The Labute approximate surface area is 210 Å². The molecule has 4 rings (SSSR count). The molecule has 33 heavy (non-hydrogen) atoms. The second-order valence-corrected chi connectivity index (χ2v) is 9.76. The van der Waals surface area contributed by atoms with Crippen LogP contribution in [-0.4, -0.2) is 22.5 Å². The van der Waals surface area contributed by atoms with Crippen LogP contribution in [0, 0.1) is 6.92 Å². The number of amides is 2. The third-order valence-electron chi connectivity index (χ3n) is 5.58. The number of anilines is 1. The zero-order chi connectivity index (χ0) is 23.4. The van der Waals surface area contributed by atoms with Crippen LogP contribution in [0.2, 0.25) is 0 Å². The van der Waals surface area contributed by atoms with E-state index in [0.717, 1.165) is 37.0 Å². The molecular weight excluding hydrogens is 546 g/mol. The molecule has 5 nitrogen and oxygen atoms in total. The Morgan fingerprint density at radius 3 is 2.24 bits per heavy atom. The normalized spacial score (nSPS) is 15.3. The van der Waals surface area contributed by atoms with Crippen molar-refractivity contribution in [1.82, 2.24) is 5.01 Å². The Hall–Kier alpha value is -2.77. The molecule has 0 aliphatic carbocycles. The molecule has 0 spiro atoms. The number of para-hydroxylation sites is 1. The molecular formula is C26H23Br2N3O2. The minimum atomic E-state index is -0.205. The highest BCUT2D eigenvalue weighted by molar-refractivity contribution is 9.10. The number of halogens is 2. The number of hydrazone groups is 1. The zero-order valence-electron chi connectivity index (χ0n) is 18.1. The van der Waals surface area contributed by atoms with Crippen LogP contribution in [0.15, 0.2) is 86.8 Å². The van der Waals surface area contributed by atoms with Gasteiger partial charge in [0.05, 0.1) is 11.8 Å². The van der Waals surface area contributed by atoms with Gasteiger partial charge < -0.3 is 5.32 Å². The van der Waals surface area contributed by atoms with Gasteiger partial charge in [-0.15, -0.1) is 0 Å². The van der Waals surface area contributed by atoms with Crippen LogP contribution in [0.4, 0.5) is 5.69 Å². The van der Waals surface area contributed by atoms with Crippen LogP contribution in [0.3, 0.4) is 0 Å². The molecule has 0 saturated carbocycles. The zero-order valence-corrected chi connectivity index (χ0v) is 21.3. The van der Waals surface area contributed by atoms with Gasteiger partial charge in [-0.05, 0) is 53.9 Å². The van der Waals surface area contributed by atoms with E-state index in [1.54, 1.807) is 5.01 Å². The van der Waals surface area contributed by atoms with Crippen molar-refractivity contribution in [2.45, 2.75) is 32.2 Å². The summed E-state index contributed by atoms with van der Waals surface area (Å²) in [5, 5.41) is 9.12. The van der Waals surface area contributed by atoms with Crippen LogP contribution in [-0.2, 0) is 9.59 Å². The van der Waals surface area contributed by atoms with Gasteiger partial charge in [-0.3, -0.25) is 9.59 Å². The number of carbonyl (C=O) groups excluding carboxylic acids is 2. The van der Waals surface area contributed by atoms with E-state index in [1.807, 2.05) is 79.7 Å². The average Bonchev–Trinajstić information content (AvgIpc) is 3.25. The third-order valence-corrected chi connectivity index (χ3v) is 6.64. The third kappa shape index (κ3) is 5.78. The molecule has 2 amide bonds. The van der Waals surface area contributed by atoms with Crippen LogP contribution >= 0.6 is 31.9 Å².